The van der Waals surface area contributed by atoms with Gasteiger partial charge >= 0.3 is 0 Å². The lowest BCUT2D eigenvalue weighted by Gasteiger charge is -2.49. The van der Waals surface area contributed by atoms with E-state index in [2.05, 4.69) is 45.0 Å². The maximum Gasteiger partial charge on any atom is 0.0359 e. The zero-order chi connectivity index (χ0) is 13.6. The highest BCUT2D eigenvalue weighted by Gasteiger charge is 2.43. The smallest absolute Gasteiger partial charge is 0.0359 e. The lowest BCUT2D eigenvalue weighted by Crippen LogP contribution is -2.61. The van der Waals surface area contributed by atoms with Gasteiger partial charge in [-0.15, -0.1) is 0 Å². The van der Waals surface area contributed by atoms with Crippen LogP contribution in [0, 0.1) is 5.92 Å². The normalized spacial score (nSPS) is 21.2. The monoisotopic (exact) mass is 254 g/mol. The van der Waals surface area contributed by atoms with Crippen LogP contribution >= 0.6 is 0 Å². The summed E-state index contributed by atoms with van der Waals surface area (Å²) in [5.41, 5.74) is 0.375. The van der Waals surface area contributed by atoms with Crippen LogP contribution in [0.3, 0.4) is 0 Å². The van der Waals surface area contributed by atoms with E-state index in [1.165, 1.54) is 51.6 Å². The molecule has 1 heterocycles. The summed E-state index contributed by atoms with van der Waals surface area (Å²) in [5, 5.41) is 3.66. The minimum absolute atomic E-state index is 0.375. The average molecular weight is 254 g/mol. The second-order valence-corrected chi connectivity index (χ2v) is 6.04. The molecule has 1 aliphatic rings. The van der Waals surface area contributed by atoms with Crippen LogP contribution in [0.5, 0.6) is 0 Å². The van der Waals surface area contributed by atoms with Crippen molar-refractivity contribution in [3.63, 3.8) is 0 Å². The minimum atomic E-state index is 0.375. The minimum Gasteiger partial charge on any atom is -0.315 e. The molecule has 0 aromatic heterocycles. The molecular weight excluding hydrogens is 220 g/mol. The summed E-state index contributed by atoms with van der Waals surface area (Å²) < 4.78 is 0. The van der Waals surface area contributed by atoms with Crippen LogP contribution < -0.4 is 5.32 Å². The first-order valence-electron chi connectivity index (χ1n) is 8.08. The fourth-order valence-corrected chi connectivity index (χ4v) is 4.20. The number of nitrogens with one attached hydrogen (secondary N) is 1. The lowest BCUT2D eigenvalue weighted by molar-refractivity contribution is 0.0419. The second-order valence-electron chi connectivity index (χ2n) is 6.04. The molecule has 2 nitrogen and oxygen atoms in total. The molecule has 2 atom stereocenters. The van der Waals surface area contributed by atoms with Gasteiger partial charge in [0.05, 0.1) is 0 Å². The van der Waals surface area contributed by atoms with Crippen molar-refractivity contribution in [3.05, 3.63) is 0 Å². The van der Waals surface area contributed by atoms with Crippen molar-refractivity contribution in [1.82, 2.24) is 10.2 Å². The topological polar surface area (TPSA) is 15.3 Å². The number of hydrogen-bond donors (Lipinski definition) is 1. The zero-order valence-electron chi connectivity index (χ0n) is 13.3. The van der Waals surface area contributed by atoms with Gasteiger partial charge in [-0.2, -0.15) is 0 Å². The third kappa shape index (κ3) is 3.08. The molecule has 0 spiro atoms. The first-order valence-corrected chi connectivity index (χ1v) is 8.08. The quantitative estimate of drug-likeness (QED) is 0.711. The van der Waals surface area contributed by atoms with Crippen molar-refractivity contribution in [1.29, 1.82) is 0 Å². The van der Waals surface area contributed by atoms with E-state index in [1.54, 1.807) is 0 Å². The molecule has 2 heteroatoms. The molecule has 0 aromatic rings. The molecule has 1 rings (SSSR count). The molecule has 2 unspecified atom stereocenters. The molecule has 1 fully saturated rings. The van der Waals surface area contributed by atoms with Crippen LogP contribution in [0.15, 0.2) is 0 Å². The maximum absolute atomic E-state index is 3.66. The van der Waals surface area contributed by atoms with Gasteiger partial charge in [0.1, 0.15) is 0 Å². The third-order valence-electron chi connectivity index (χ3n) is 5.16. The van der Waals surface area contributed by atoms with Gasteiger partial charge in [-0.3, -0.25) is 4.90 Å². The zero-order valence-corrected chi connectivity index (χ0v) is 13.3. The van der Waals surface area contributed by atoms with Crippen molar-refractivity contribution >= 4 is 0 Å². The Balaban J connectivity index is 2.91. The highest BCUT2D eigenvalue weighted by molar-refractivity contribution is 5.01. The van der Waals surface area contributed by atoms with E-state index in [-0.39, 0.29) is 0 Å². The van der Waals surface area contributed by atoms with E-state index in [0.717, 1.165) is 5.92 Å². The summed E-state index contributed by atoms with van der Waals surface area (Å²) >= 11 is 0. The molecular formula is C16H34N2. The van der Waals surface area contributed by atoms with Crippen molar-refractivity contribution in [3.8, 4) is 0 Å². The van der Waals surface area contributed by atoms with Crippen molar-refractivity contribution in [2.75, 3.05) is 20.1 Å². The Morgan fingerprint density at radius 1 is 1.11 bits per heavy atom. The predicted molar refractivity (Wildman–Crippen MR) is 81.0 cm³/mol. The second kappa shape index (κ2) is 7.49. The summed E-state index contributed by atoms with van der Waals surface area (Å²) in [6.07, 6.45) is 7.94. The Hall–Kier alpha value is -0.0800. The first-order chi connectivity index (χ1) is 8.66. The highest BCUT2D eigenvalue weighted by atomic mass is 15.2. The largest absolute Gasteiger partial charge is 0.315 e. The number of likely N-dealkylation sites (tertiary alicyclic amines) is 1. The first kappa shape index (κ1) is 16.0. The molecule has 1 saturated heterocycles. The van der Waals surface area contributed by atoms with Crippen LogP contribution in [0.4, 0.5) is 0 Å². The number of nitrogens with zero attached hydrogens (tertiary/aromatic N) is 1. The van der Waals surface area contributed by atoms with E-state index in [9.17, 15) is 0 Å². The highest BCUT2D eigenvalue weighted by Crippen LogP contribution is 2.35. The van der Waals surface area contributed by atoms with E-state index < -0.39 is 0 Å². The molecule has 0 saturated carbocycles. The Labute approximate surface area is 115 Å². The fraction of sp³-hybridized carbons (Fsp3) is 1.00. The van der Waals surface area contributed by atoms with Gasteiger partial charge in [-0.25, -0.2) is 0 Å². The van der Waals surface area contributed by atoms with Gasteiger partial charge in [0.15, 0.2) is 0 Å². The molecule has 0 bridgehead atoms. The van der Waals surface area contributed by atoms with Crippen LogP contribution in [0.2, 0.25) is 0 Å². The van der Waals surface area contributed by atoms with Gasteiger partial charge < -0.3 is 5.32 Å². The van der Waals surface area contributed by atoms with Crippen LogP contribution in [0.1, 0.15) is 66.2 Å². The Morgan fingerprint density at radius 2 is 1.67 bits per heavy atom. The summed E-state index contributed by atoms with van der Waals surface area (Å²) in [6.45, 7) is 12.1. The van der Waals surface area contributed by atoms with Crippen LogP contribution in [0.25, 0.3) is 0 Å². The summed E-state index contributed by atoms with van der Waals surface area (Å²) in [6, 6.07) is 0.630. The average Bonchev–Trinajstić information content (AvgIpc) is 2.90. The molecule has 108 valence electrons. The molecule has 18 heavy (non-hydrogen) atoms. The van der Waals surface area contributed by atoms with E-state index >= 15 is 0 Å². The van der Waals surface area contributed by atoms with Gasteiger partial charge in [0.2, 0.25) is 0 Å². The summed E-state index contributed by atoms with van der Waals surface area (Å²) in [7, 11) is 2.16. The van der Waals surface area contributed by atoms with Crippen molar-refractivity contribution < 1.29 is 0 Å². The van der Waals surface area contributed by atoms with E-state index in [4.69, 9.17) is 0 Å². The number of likely N-dealkylation sites (N-methyl/N-ethyl adjacent to an activating group) is 1. The van der Waals surface area contributed by atoms with E-state index in [1.807, 2.05) is 0 Å². The molecule has 0 radical (unpaired) electrons. The van der Waals surface area contributed by atoms with Gasteiger partial charge in [-0.05, 0) is 58.2 Å². The van der Waals surface area contributed by atoms with Crippen LogP contribution in [-0.2, 0) is 0 Å². The SMILES string of the molecule is CCCC(C)C(NC)C(CC)(CC)N1CCCC1. The predicted octanol–water partition coefficient (Wildman–Crippen LogP) is 3.67. The van der Waals surface area contributed by atoms with Crippen molar-refractivity contribution in [2.24, 2.45) is 5.92 Å². The lowest BCUT2D eigenvalue weighted by atomic mass is 9.75. The molecule has 0 aromatic carbocycles. The Morgan fingerprint density at radius 3 is 2.06 bits per heavy atom. The van der Waals surface area contributed by atoms with E-state index in [0.29, 0.717) is 11.6 Å². The van der Waals surface area contributed by atoms with Gasteiger partial charge in [-0.1, -0.05) is 34.1 Å². The summed E-state index contributed by atoms with van der Waals surface area (Å²) in [4.78, 5) is 2.78. The summed E-state index contributed by atoms with van der Waals surface area (Å²) in [5.74, 6) is 0.764. The third-order valence-corrected chi connectivity index (χ3v) is 5.16. The molecule has 0 aliphatic carbocycles. The Kier molecular flexibility index (Phi) is 6.65. The van der Waals surface area contributed by atoms with Crippen LogP contribution in [-0.4, -0.2) is 36.6 Å². The standard InChI is InChI=1S/C16H34N2/c1-6-11-14(4)15(17-5)16(7-2,8-3)18-12-9-10-13-18/h14-15,17H,6-13H2,1-5H3. The molecule has 0 amide bonds. The van der Waals surface area contributed by atoms with Gasteiger partial charge in [0.25, 0.3) is 0 Å². The van der Waals surface area contributed by atoms with Crippen molar-refractivity contribution in [2.45, 2.75) is 77.8 Å². The number of rotatable bonds is 8. The molecule has 1 N–H and O–H groups in total. The van der Waals surface area contributed by atoms with Gasteiger partial charge in [0, 0.05) is 11.6 Å². The maximum atomic E-state index is 3.66. The fourth-order valence-electron chi connectivity index (χ4n) is 4.20. The number of hydrogen-bond acceptors (Lipinski definition) is 2. The Bertz CT molecular complexity index is 217. The molecule has 1 aliphatic heterocycles.